The van der Waals surface area contributed by atoms with Crippen molar-refractivity contribution in [2.24, 2.45) is 0 Å². The number of imidazole rings is 1. The van der Waals surface area contributed by atoms with E-state index in [9.17, 15) is 9.59 Å². The molecular formula is C23H27N5O2. The van der Waals surface area contributed by atoms with Gasteiger partial charge < -0.3 is 14.4 Å². The first-order chi connectivity index (χ1) is 14.6. The number of hydrogen-bond donors (Lipinski definition) is 0. The maximum absolute atomic E-state index is 13.0. The van der Waals surface area contributed by atoms with Gasteiger partial charge in [0.15, 0.2) is 0 Å². The lowest BCUT2D eigenvalue weighted by Gasteiger charge is -2.22. The highest BCUT2D eigenvalue weighted by Gasteiger charge is 2.21. The first kappa shape index (κ1) is 20.1. The van der Waals surface area contributed by atoms with Crippen LogP contribution in [0.25, 0.3) is 11.0 Å². The molecule has 7 heteroatoms. The SMILES string of the molecule is CN(Cc1nc2ccccc2n1CC(=O)N1CCCCCC1)C(=O)c1ccccn1. The molecule has 1 aliphatic heterocycles. The van der Waals surface area contributed by atoms with Gasteiger partial charge in [0, 0.05) is 26.3 Å². The number of likely N-dealkylation sites (tertiary alicyclic amines) is 1. The smallest absolute Gasteiger partial charge is 0.272 e. The third kappa shape index (κ3) is 4.35. The fourth-order valence-electron chi connectivity index (χ4n) is 3.95. The second-order valence-corrected chi connectivity index (χ2v) is 7.77. The number of nitrogens with zero attached hydrogens (tertiary/aromatic N) is 5. The average Bonchev–Trinajstić information content (AvgIpc) is 2.94. The molecule has 30 heavy (non-hydrogen) atoms. The van der Waals surface area contributed by atoms with Gasteiger partial charge in [-0.05, 0) is 37.1 Å². The normalized spacial score (nSPS) is 14.5. The van der Waals surface area contributed by atoms with Crippen molar-refractivity contribution in [3.63, 3.8) is 0 Å². The van der Waals surface area contributed by atoms with Crippen LogP contribution in [0, 0.1) is 0 Å². The molecule has 0 atom stereocenters. The van der Waals surface area contributed by atoms with Gasteiger partial charge in [-0.1, -0.05) is 31.0 Å². The summed E-state index contributed by atoms with van der Waals surface area (Å²) in [5, 5.41) is 0. The van der Waals surface area contributed by atoms with Crippen LogP contribution in [0.15, 0.2) is 48.7 Å². The van der Waals surface area contributed by atoms with Gasteiger partial charge in [0.25, 0.3) is 5.91 Å². The first-order valence-corrected chi connectivity index (χ1v) is 10.5. The van der Waals surface area contributed by atoms with E-state index in [0.29, 0.717) is 18.1 Å². The molecule has 0 saturated carbocycles. The molecule has 2 aromatic heterocycles. The zero-order chi connectivity index (χ0) is 20.9. The molecular weight excluding hydrogens is 378 g/mol. The van der Waals surface area contributed by atoms with Crippen LogP contribution in [-0.2, 0) is 17.9 Å². The van der Waals surface area contributed by atoms with E-state index in [2.05, 4.69) is 4.98 Å². The number of carbonyl (C=O) groups excluding carboxylic acids is 2. The van der Waals surface area contributed by atoms with Crippen molar-refractivity contribution in [2.45, 2.75) is 38.8 Å². The number of amides is 2. The van der Waals surface area contributed by atoms with Crippen LogP contribution >= 0.6 is 0 Å². The first-order valence-electron chi connectivity index (χ1n) is 10.5. The molecule has 4 rings (SSSR count). The van der Waals surface area contributed by atoms with Gasteiger partial charge in [-0.25, -0.2) is 4.98 Å². The maximum Gasteiger partial charge on any atom is 0.272 e. The van der Waals surface area contributed by atoms with Crippen LogP contribution in [0.4, 0.5) is 0 Å². The summed E-state index contributed by atoms with van der Waals surface area (Å²) >= 11 is 0. The van der Waals surface area contributed by atoms with Gasteiger partial charge in [0.2, 0.25) is 5.91 Å². The third-order valence-electron chi connectivity index (χ3n) is 5.60. The molecule has 7 nitrogen and oxygen atoms in total. The molecule has 156 valence electrons. The Bertz CT molecular complexity index is 1020. The lowest BCUT2D eigenvalue weighted by atomic mass is 10.2. The quantitative estimate of drug-likeness (QED) is 0.654. The average molecular weight is 406 g/mol. The van der Waals surface area contributed by atoms with Crippen LogP contribution in [0.2, 0.25) is 0 Å². The minimum atomic E-state index is -0.173. The number of rotatable bonds is 5. The zero-order valence-electron chi connectivity index (χ0n) is 17.3. The van der Waals surface area contributed by atoms with E-state index in [1.54, 1.807) is 36.3 Å². The second-order valence-electron chi connectivity index (χ2n) is 7.77. The van der Waals surface area contributed by atoms with Crippen LogP contribution in [-0.4, -0.2) is 56.3 Å². The molecule has 1 fully saturated rings. The second kappa shape index (κ2) is 9.07. The number of carbonyl (C=O) groups is 2. The topological polar surface area (TPSA) is 71.3 Å². The Kier molecular flexibility index (Phi) is 6.07. The predicted octanol–water partition coefficient (Wildman–Crippen LogP) is 3.11. The molecule has 2 amide bonds. The summed E-state index contributed by atoms with van der Waals surface area (Å²) in [5.74, 6) is 0.638. The lowest BCUT2D eigenvalue weighted by Crippen LogP contribution is -2.35. The largest absolute Gasteiger partial charge is 0.341 e. The van der Waals surface area contributed by atoms with Gasteiger partial charge in [-0.2, -0.15) is 0 Å². The number of pyridine rings is 1. The number of hydrogen-bond acceptors (Lipinski definition) is 4. The molecule has 3 heterocycles. The highest BCUT2D eigenvalue weighted by Crippen LogP contribution is 2.19. The summed E-state index contributed by atoms with van der Waals surface area (Å²) in [5.41, 5.74) is 2.13. The zero-order valence-corrected chi connectivity index (χ0v) is 17.3. The highest BCUT2D eigenvalue weighted by molar-refractivity contribution is 5.92. The van der Waals surface area contributed by atoms with E-state index < -0.39 is 0 Å². The maximum atomic E-state index is 13.0. The molecule has 1 saturated heterocycles. The molecule has 0 radical (unpaired) electrons. The van der Waals surface area contributed by atoms with Crippen LogP contribution in [0.1, 0.15) is 42.0 Å². The Morgan fingerprint density at radius 1 is 1.00 bits per heavy atom. The standard InChI is InChI=1S/C23H27N5O2/c1-26(23(30)19-11-6-7-13-24-19)16-21-25-18-10-4-5-12-20(18)28(21)17-22(29)27-14-8-2-3-9-15-27/h4-7,10-13H,2-3,8-9,14-17H2,1H3. The van der Waals surface area contributed by atoms with E-state index >= 15 is 0 Å². The Hall–Kier alpha value is -3.22. The summed E-state index contributed by atoms with van der Waals surface area (Å²) in [6.45, 7) is 2.18. The predicted molar refractivity (Wildman–Crippen MR) is 115 cm³/mol. The summed E-state index contributed by atoms with van der Waals surface area (Å²) in [4.78, 5) is 38.2. The Morgan fingerprint density at radius 2 is 1.73 bits per heavy atom. The molecule has 3 aromatic rings. The summed E-state index contributed by atoms with van der Waals surface area (Å²) < 4.78 is 1.95. The third-order valence-corrected chi connectivity index (χ3v) is 5.60. The summed E-state index contributed by atoms with van der Waals surface area (Å²) in [6, 6.07) is 13.1. The minimum Gasteiger partial charge on any atom is -0.341 e. The van der Waals surface area contributed by atoms with E-state index in [1.807, 2.05) is 33.7 Å². The van der Waals surface area contributed by atoms with Crippen LogP contribution in [0.5, 0.6) is 0 Å². The number of fused-ring (bicyclic) bond motifs is 1. The molecule has 0 spiro atoms. The van der Waals surface area contributed by atoms with E-state index in [1.165, 1.54) is 12.8 Å². The minimum absolute atomic E-state index is 0.111. The van der Waals surface area contributed by atoms with Crippen molar-refractivity contribution in [3.8, 4) is 0 Å². The van der Waals surface area contributed by atoms with E-state index in [-0.39, 0.29) is 18.4 Å². The lowest BCUT2D eigenvalue weighted by molar-refractivity contribution is -0.131. The fourth-order valence-corrected chi connectivity index (χ4v) is 3.95. The summed E-state index contributed by atoms with van der Waals surface area (Å²) in [6.07, 6.45) is 6.10. The Balaban J connectivity index is 1.58. The molecule has 0 aliphatic carbocycles. The van der Waals surface area contributed by atoms with Crippen LogP contribution < -0.4 is 0 Å². The van der Waals surface area contributed by atoms with E-state index in [0.717, 1.165) is 37.0 Å². The van der Waals surface area contributed by atoms with Crippen molar-refractivity contribution in [1.29, 1.82) is 0 Å². The van der Waals surface area contributed by atoms with Gasteiger partial charge in [0.1, 0.15) is 18.1 Å². The molecule has 0 unspecified atom stereocenters. The monoisotopic (exact) mass is 405 g/mol. The van der Waals surface area contributed by atoms with Crippen molar-refractivity contribution < 1.29 is 9.59 Å². The summed E-state index contributed by atoms with van der Waals surface area (Å²) in [7, 11) is 1.73. The van der Waals surface area contributed by atoms with Crippen molar-refractivity contribution >= 4 is 22.8 Å². The van der Waals surface area contributed by atoms with Gasteiger partial charge >= 0.3 is 0 Å². The molecule has 1 aliphatic rings. The Morgan fingerprint density at radius 3 is 2.47 bits per heavy atom. The van der Waals surface area contributed by atoms with Gasteiger partial charge in [-0.15, -0.1) is 0 Å². The molecule has 1 aromatic carbocycles. The highest BCUT2D eigenvalue weighted by atomic mass is 16.2. The van der Waals surface area contributed by atoms with Gasteiger partial charge in [-0.3, -0.25) is 14.6 Å². The molecule has 0 N–H and O–H groups in total. The van der Waals surface area contributed by atoms with E-state index in [4.69, 9.17) is 4.98 Å². The number of para-hydroxylation sites is 2. The Labute approximate surface area is 176 Å². The fraction of sp³-hybridized carbons (Fsp3) is 0.391. The van der Waals surface area contributed by atoms with Crippen molar-refractivity contribution in [1.82, 2.24) is 24.3 Å². The van der Waals surface area contributed by atoms with Crippen LogP contribution in [0.3, 0.4) is 0 Å². The van der Waals surface area contributed by atoms with Crippen molar-refractivity contribution in [2.75, 3.05) is 20.1 Å². The van der Waals surface area contributed by atoms with Crippen molar-refractivity contribution in [3.05, 3.63) is 60.2 Å². The van der Waals surface area contributed by atoms with Gasteiger partial charge in [0.05, 0.1) is 17.6 Å². The number of benzene rings is 1. The molecule has 0 bridgehead atoms. The number of aromatic nitrogens is 3.